The van der Waals surface area contributed by atoms with Crippen molar-refractivity contribution in [2.45, 2.75) is 26.2 Å². The van der Waals surface area contributed by atoms with Crippen molar-refractivity contribution in [2.24, 2.45) is 0 Å². The summed E-state index contributed by atoms with van der Waals surface area (Å²) in [6.45, 7) is 5.69. The van der Waals surface area contributed by atoms with Crippen molar-refractivity contribution in [1.29, 1.82) is 0 Å². The first-order valence-corrected chi connectivity index (χ1v) is 8.73. The molecule has 142 valence electrons. The average molecular weight is 368 g/mol. The molecule has 1 heterocycles. The Balaban J connectivity index is 1.84. The number of rotatable bonds is 5. The molecule has 2 amide bonds. The van der Waals surface area contributed by atoms with E-state index >= 15 is 0 Å². The molecule has 0 radical (unpaired) electrons. The van der Waals surface area contributed by atoms with Gasteiger partial charge >= 0.3 is 0 Å². The van der Waals surface area contributed by atoms with Gasteiger partial charge in [-0.15, -0.1) is 0 Å². The molecule has 1 aliphatic heterocycles. The van der Waals surface area contributed by atoms with Crippen molar-refractivity contribution in [3.63, 3.8) is 0 Å². The predicted octanol–water partition coefficient (Wildman–Crippen LogP) is 3.28. The normalized spacial score (nSPS) is 14.7. The number of methoxy groups -OCH3 is 2. The first-order valence-electron chi connectivity index (χ1n) is 8.73. The second-order valence-electron chi connectivity index (χ2n) is 7.15. The fourth-order valence-corrected chi connectivity index (χ4v) is 3.35. The van der Waals surface area contributed by atoms with E-state index in [9.17, 15) is 9.59 Å². The van der Waals surface area contributed by atoms with E-state index in [-0.39, 0.29) is 18.4 Å². The Kier molecular flexibility index (Phi) is 4.83. The monoisotopic (exact) mass is 368 g/mol. The third-order valence-corrected chi connectivity index (χ3v) is 4.88. The molecule has 6 nitrogen and oxygen atoms in total. The van der Waals surface area contributed by atoms with Crippen LogP contribution in [0, 0.1) is 6.92 Å². The zero-order valence-corrected chi connectivity index (χ0v) is 16.3. The van der Waals surface area contributed by atoms with Crippen molar-refractivity contribution < 1.29 is 19.1 Å². The summed E-state index contributed by atoms with van der Waals surface area (Å²) in [5.74, 6) is 0.730. The summed E-state index contributed by atoms with van der Waals surface area (Å²) in [5, 5.41) is 2.82. The third kappa shape index (κ3) is 3.35. The lowest BCUT2D eigenvalue weighted by atomic mass is 9.85. The van der Waals surface area contributed by atoms with Gasteiger partial charge in [0.25, 0.3) is 0 Å². The van der Waals surface area contributed by atoms with Crippen LogP contribution in [0.1, 0.15) is 25.0 Å². The highest BCUT2D eigenvalue weighted by Crippen LogP contribution is 2.41. The maximum atomic E-state index is 12.9. The van der Waals surface area contributed by atoms with Gasteiger partial charge in [0.15, 0.2) is 0 Å². The van der Waals surface area contributed by atoms with E-state index < -0.39 is 5.41 Å². The minimum absolute atomic E-state index is 0.0707. The third-order valence-electron chi connectivity index (χ3n) is 4.88. The van der Waals surface area contributed by atoms with Crippen LogP contribution in [0.3, 0.4) is 0 Å². The maximum absolute atomic E-state index is 12.9. The summed E-state index contributed by atoms with van der Waals surface area (Å²) in [4.78, 5) is 27.1. The summed E-state index contributed by atoms with van der Waals surface area (Å²) in [6, 6.07) is 11.0. The molecule has 1 aliphatic rings. The van der Waals surface area contributed by atoms with Crippen LogP contribution in [0.25, 0.3) is 0 Å². The van der Waals surface area contributed by atoms with Crippen LogP contribution in [0.2, 0.25) is 0 Å². The Bertz CT molecular complexity index is 905. The second kappa shape index (κ2) is 6.95. The quantitative estimate of drug-likeness (QED) is 0.879. The fourth-order valence-electron chi connectivity index (χ4n) is 3.35. The first-order chi connectivity index (χ1) is 12.8. The van der Waals surface area contributed by atoms with Crippen molar-refractivity contribution in [1.82, 2.24) is 0 Å². The van der Waals surface area contributed by atoms with E-state index in [0.29, 0.717) is 17.2 Å². The van der Waals surface area contributed by atoms with Crippen LogP contribution in [0.4, 0.5) is 11.4 Å². The summed E-state index contributed by atoms with van der Waals surface area (Å²) >= 11 is 0. The van der Waals surface area contributed by atoms with Gasteiger partial charge in [-0.2, -0.15) is 0 Å². The van der Waals surface area contributed by atoms with Gasteiger partial charge in [0, 0.05) is 11.8 Å². The Labute approximate surface area is 159 Å². The molecule has 2 aromatic carbocycles. The molecular formula is C21H24N2O4. The Morgan fingerprint density at radius 1 is 1.11 bits per heavy atom. The lowest BCUT2D eigenvalue weighted by Gasteiger charge is -2.20. The lowest BCUT2D eigenvalue weighted by molar-refractivity contribution is -0.124. The second-order valence-corrected chi connectivity index (χ2v) is 7.15. The molecule has 0 atom stereocenters. The first kappa shape index (κ1) is 18.8. The van der Waals surface area contributed by atoms with E-state index in [2.05, 4.69) is 5.32 Å². The minimum atomic E-state index is -0.657. The molecule has 0 fully saturated rings. The molecule has 0 saturated carbocycles. The Hall–Kier alpha value is -3.02. The van der Waals surface area contributed by atoms with E-state index in [1.807, 2.05) is 39.0 Å². The highest BCUT2D eigenvalue weighted by atomic mass is 16.5. The number of anilines is 2. The van der Waals surface area contributed by atoms with Crippen LogP contribution in [0.15, 0.2) is 36.4 Å². The molecule has 3 rings (SSSR count). The topological polar surface area (TPSA) is 67.9 Å². The summed E-state index contributed by atoms with van der Waals surface area (Å²) in [6.07, 6.45) is 0. The van der Waals surface area contributed by atoms with Gasteiger partial charge in [-0.05, 0) is 44.5 Å². The number of ether oxygens (including phenoxy) is 2. The molecule has 2 aromatic rings. The number of hydrogen-bond acceptors (Lipinski definition) is 4. The van der Waals surface area contributed by atoms with Crippen molar-refractivity contribution in [2.75, 3.05) is 31.0 Å². The zero-order valence-electron chi connectivity index (χ0n) is 16.3. The van der Waals surface area contributed by atoms with Crippen molar-refractivity contribution >= 4 is 23.2 Å². The SMILES string of the molecule is COc1ccc(OC)c(NC(=O)CN2C(=O)C(C)(C)c3cc(C)ccc32)c1. The standard InChI is InChI=1S/C21H24N2O4/c1-13-6-8-17-15(10-13)21(2,3)20(25)23(17)12-19(24)22-16-11-14(26-4)7-9-18(16)27-5/h6-11H,12H2,1-5H3,(H,22,24). The van der Waals surface area contributed by atoms with E-state index in [0.717, 1.165) is 16.8 Å². The van der Waals surface area contributed by atoms with Crippen LogP contribution in [0.5, 0.6) is 11.5 Å². The number of amides is 2. The number of carbonyl (C=O) groups is 2. The highest BCUT2D eigenvalue weighted by Gasteiger charge is 2.44. The smallest absolute Gasteiger partial charge is 0.244 e. The Morgan fingerprint density at radius 2 is 1.85 bits per heavy atom. The number of benzene rings is 2. The number of nitrogens with zero attached hydrogens (tertiary/aromatic N) is 1. The molecule has 0 saturated heterocycles. The minimum Gasteiger partial charge on any atom is -0.497 e. The zero-order chi connectivity index (χ0) is 19.8. The number of fused-ring (bicyclic) bond motifs is 1. The molecule has 1 N–H and O–H groups in total. The van der Waals surface area contributed by atoms with Gasteiger partial charge < -0.3 is 19.7 Å². The van der Waals surface area contributed by atoms with Gasteiger partial charge in [0.1, 0.15) is 18.0 Å². The highest BCUT2D eigenvalue weighted by molar-refractivity contribution is 6.11. The van der Waals surface area contributed by atoms with Gasteiger partial charge in [0.05, 0.1) is 25.3 Å². The summed E-state index contributed by atoms with van der Waals surface area (Å²) in [7, 11) is 3.08. The molecule has 6 heteroatoms. The van der Waals surface area contributed by atoms with Crippen LogP contribution in [-0.4, -0.2) is 32.6 Å². The fraction of sp³-hybridized carbons (Fsp3) is 0.333. The van der Waals surface area contributed by atoms with E-state index in [1.165, 1.54) is 12.0 Å². The van der Waals surface area contributed by atoms with Crippen LogP contribution in [-0.2, 0) is 15.0 Å². The lowest BCUT2D eigenvalue weighted by Crippen LogP contribution is -2.40. The predicted molar refractivity (Wildman–Crippen MR) is 105 cm³/mol. The molecular weight excluding hydrogens is 344 g/mol. The summed E-state index contributed by atoms with van der Waals surface area (Å²) in [5.41, 5.74) is 2.65. The van der Waals surface area contributed by atoms with Gasteiger partial charge in [-0.3, -0.25) is 9.59 Å². The molecule has 0 unspecified atom stereocenters. The maximum Gasteiger partial charge on any atom is 0.244 e. The van der Waals surface area contributed by atoms with Crippen LogP contribution < -0.4 is 19.7 Å². The van der Waals surface area contributed by atoms with Crippen molar-refractivity contribution in [3.05, 3.63) is 47.5 Å². The van der Waals surface area contributed by atoms with Crippen molar-refractivity contribution in [3.8, 4) is 11.5 Å². The Morgan fingerprint density at radius 3 is 2.52 bits per heavy atom. The van der Waals surface area contributed by atoms with Gasteiger partial charge in [0.2, 0.25) is 11.8 Å². The molecule has 27 heavy (non-hydrogen) atoms. The number of aryl methyl sites for hydroxylation is 1. The number of nitrogens with one attached hydrogen (secondary N) is 1. The van der Waals surface area contributed by atoms with Gasteiger partial charge in [-0.25, -0.2) is 0 Å². The largest absolute Gasteiger partial charge is 0.497 e. The van der Waals surface area contributed by atoms with E-state index in [4.69, 9.17) is 9.47 Å². The van der Waals surface area contributed by atoms with E-state index in [1.54, 1.807) is 25.3 Å². The number of hydrogen-bond donors (Lipinski definition) is 1. The molecule has 0 bridgehead atoms. The molecule has 0 aliphatic carbocycles. The number of carbonyl (C=O) groups excluding carboxylic acids is 2. The van der Waals surface area contributed by atoms with Crippen LogP contribution >= 0.6 is 0 Å². The summed E-state index contributed by atoms with van der Waals surface area (Å²) < 4.78 is 10.5. The molecule has 0 spiro atoms. The van der Waals surface area contributed by atoms with Gasteiger partial charge in [-0.1, -0.05) is 17.7 Å². The molecule has 0 aromatic heterocycles. The average Bonchev–Trinajstić information content (AvgIpc) is 2.82.